The van der Waals surface area contributed by atoms with Crippen LogP contribution < -0.4 is 0 Å². The Labute approximate surface area is 129 Å². The van der Waals surface area contributed by atoms with Gasteiger partial charge in [-0.15, -0.1) is 11.8 Å². The number of benzene rings is 1. The molecule has 0 N–H and O–H groups in total. The highest BCUT2D eigenvalue weighted by molar-refractivity contribution is 8.00. The molecule has 0 aliphatic carbocycles. The molecule has 106 valence electrons. The van der Waals surface area contributed by atoms with Crippen LogP contribution in [0, 0.1) is 0 Å². The van der Waals surface area contributed by atoms with Crippen LogP contribution in [0.2, 0.25) is 5.02 Å². The second-order valence-corrected chi connectivity index (χ2v) is 7.37. The summed E-state index contributed by atoms with van der Waals surface area (Å²) in [6.07, 6.45) is 4.94. The molecule has 0 radical (unpaired) electrons. The van der Waals surface area contributed by atoms with Crippen molar-refractivity contribution < 1.29 is 0 Å². The van der Waals surface area contributed by atoms with Crippen molar-refractivity contribution in [3.05, 3.63) is 35.6 Å². The van der Waals surface area contributed by atoms with Crippen LogP contribution in [0.3, 0.4) is 0 Å². The fourth-order valence-electron chi connectivity index (χ4n) is 2.68. The second-order valence-electron chi connectivity index (χ2n) is 5.62. The Kier molecular flexibility index (Phi) is 4.20. The molecule has 2 nitrogen and oxygen atoms in total. The third kappa shape index (κ3) is 2.95. The van der Waals surface area contributed by atoms with Gasteiger partial charge < -0.3 is 0 Å². The van der Waals surface area contributed by atoms with Crippen LogP contribution in [0.4, 0.5) is 0 Å². The number of fused-ring (bicyclic) bond motifs is 1. The zero-order chi connectivity index (χ0) is 14.1. The molecule has 0 saturated carbocycles. The summed E-state index contributed by atoms with van der Waals surface area (Å²) in [5, 5.41) is 3.82. The van der Waals surface area contributed by atoms with E-state index in [4.69, 9.17) is 11.6 Å². The number of thioether (sulfide) groups is 1. The first-order valence-electron chi connectivity index (χ1n) is 7.07. The van der Waals surface area contributed by atoms with Crippen molar-refractivity contribution in [2.24, 2.45) is 0 Å². The minimum absolute atomic E-state index is 0.638. The van der Waals surface area contributed by atoms with Gasteiger partial charge in [0.1, 0.15) is 0 Å². The molecule has 0 amide bonds. The Morgan fingerprint density at radius 2 is 2.20 bits per heavy atom. The van der Waals surface area contributed by atoms with Gasteiger partial charge in [-0.3, -0.25) is 9.88 Å². The summed E-state index contributed by atoms with van der Waals surface area (Å²) in [5.74, 6) is 0. The summed E-state index contributed by atoms with van der Waals surface area (Å²) in [6.45, 7) is 6.89. The van der Waals surface area contributed by atoms with Gasteiger partial charge in [-0.25, -0.2) is 0 Å². The lowest BCUT2D eigenvalue weighted by Crippen LogP contribution is -2.28. The van der Waals surface area contributed by atoms with Gasteiger partial charge in [-0.05, 0) is 50.4 Å². The predicted molar refractivity (Wildman–Crippen MR) is 87.7 cm³/mol. The molecule has 1 unspecified atom stereocenters. The molecule has 2 aromatic rings. The van der Waals surface area contributed by atoms with Crippen LogP contribution in [-0.2, 0) is 0 Å². The Morgan fingerprint density at radius 1 is 1.35 bits per heavy atom. The van der Waals surface area contributed by atoms with Crippen LogP contribution in [-0.4, -0.2) is 34.3 Å². The van der Waals surface area contributed by atoms with E-state index in [0.29, 0.717) is 11.3 Å². The highest BCUT2D eigenvalue weighted by Gasteiger charge is 2.25. The summed E-state index contributed by atoms with van der Waals surface area (Å²) in [4.78, 5) is 7.88. The summed E-state index contributed by atoms with van der Waals surface area (Å²) >= 11 is 8.34. The average molecular weight is 307 g/mol. The quantitative estimate of drug-likeness (QED) is 0.832. The topological polar surface area (TPSA) is 16.1 Å². The first kappa shape index (κ1) is 14.2. The van der Waals surface area contributed by atoms with Gasteiger partial charge in [0, 0.05) is 40.5 Å². The molecule has 2 heterocycles. The van der Waals surface area contributed by atoms with Crippen molar-refractivity contribution in [1.29, 1.82) is 0 Å². The van der Waals surface area contributed by atoms with Gasteiger partial charge in [0.15, 0.2) is 0 Å². The number of pyridine rings is 1. The maximum atomic E-state index is 6.42. The maximum absolute atomic E-state index is 6.42. The van der Waals surface area contributed by atoms with Crippen molar-refractivity contribution in [2.75, 3.05) is 13.1 Å². The van der Waals surface area contributed by atoms with Gasteiger partial charge in [0.05, 0.1) is 5.02 Å². The van der Waals surface area contributed by atoms with E-state index in [1.807, 2.05) is 36.3 Å². The minimum atomic E-state index is 0.638. The Balaban J connectivity index is 1.79. The van der Waals surface area contributed by atoms with Crippen molar-refractivity contribution in [3.8, 4) is 0 Å². The molecule has 1 aromatic carbocycles. The monoisotopic (exact) mass is 306 g/mol. The maximum Gasteiger partial charge on any atom is 0.0548 e. The summed E-state index contributed by atoms with van der Waals surface area (Å²) < 4.78 is 0. The molecular formula is C16H19ClN2S. The molecule has 20 heavy (non-hydrogen) atoms. The van der Waals surface area contributed by atoms with Gasteiger partial charge in [-0.2, -0.15) is 0 Å². The first-order chi connectivity index (χ1) is 9.63. The minimum Gasteiger partial charge on any atom is -0.300 e. The smallest absolute Gasteiger partial charge is 0.0548 e. The fraction of sp³-hybridized carbons (Fsp3) is 0.438. The number of hydrogen-bond acceptors (Lipinski definition) is 3. The van der Waals surface area contributed by atoms with Crippen molar-refractivity contribution in [1.82, 2.24) is 9.88 Å². The van der Waals surface area contributed by atoms with Crippen molar-refractivity contribution >= 4 is 34.1 Å². The highest BCUT2D eigenvalue weighted by Crippen LogP contribution is 2.37. The molecule has 0 bridgehead atoms. The number of rotatable bonds is 3. The molecule has 1 aromatic heterocycles. The van der Waals surface area contributed by atoms with Crippen LogP contribution in [0.15, 0.2) is 35.5 Å². The Bertz CT molecular complexity index is 614. The van der Waals surface area contributed by atoms with Crippen LogP contribution >= 0.6 is 23.4 Å². The van der Waals surface area contributed by atoms with Crippen molar-refractivity contribution in [3.63, 3.8) is 0 Å². The fourth-order valence-corrected chi connectivity index (χ4v) is 4.20. The van der Waals surface area contributed by atoms with Crippen LogP contribution in [0.1, 0.15) is 20.3 Å². The van der Waals surface area contributed by atoms with Gasteiger partial charge >= 0.3 is 0 Å². The van der Waals surface area contributed by atoms with Gasteiger partial charge in [0.25, 0.3) is 0 Å². The number of likely N-dealkylation sites (tertiary alicyclic amines) is 1. The van der Waals surface area contributed by atoms with E-state index in [0.717, 1.165) is 17.0 Å². The Morgan fingerprint density at radius 3 is 2.95 bits per heavy atom. The summed E-state index contributed by atoms with van der Waals surface area (Å²) in [7, 11) is 0. The standard InChI is InChI=1S/C16H19ClN2S/c1-11(2)19-6-4-14(10-19)20-16-8-12-3-5-18-9-13(12)7-15(16)17/h3,5,7-9,11,14H,4,6,10H2,1-2H3. The summed E-state index contributed by atoms with van der Waals surface area (Å²) in [6, 6.07) is 6.91. The lowest BCUT2D eigenvalue weighted by molar-refractivity contribution is 0.277. The molecular weight excluding hydrogens is 288 g/mol. The van der Waals surface area contributed by atoms with E-state index < -0.39 is 0 Å². The lowest BCUT2D eigenvalue weighted by Gasteiger charge is -2.20. The molecule has 1 fully saturated rings. The number of halogens is 1. The number of aromatic nitrogens is 1. The van der Waals surface area contributed by atoms with E-state index in [-0.39, 0.29) is 0 Å². The van der Waals surface area contributed by atoms with E-state index in [9.17, 15) is 0 Å². The van der Waals surface area contributed by atoms with Crippen LogP contribution in [0.5, 0.6) is 0 Å². The number of hydrogen-bond donors (Lipinski definition) is 0. The zero-order valence-corrected chi connectivity index (χ0v) is 13.4. The van der Waals surface area contributed by atoms with E-state index in [1.54, 1.807) is 0 Å². The lowest BCUT2D eigenvalue weighted by atomic mass is 10.2. The van der Waals surface area contributed by atoms with Crippen molar-refractivity contribution in [2.45, 2.75) is 36.5 Å². The zero-order valence-electron chi connectivity index (χ0n) is 11.8. The number of nitrogens with zero attached hydrogens (tertiary/aromatic N) is 2. The van der Waals surface area contributed by atoms with E-state index >= 15 is 0 Å². The van der Waals surface area contributed by atoms with Gasteiger partial charge in [0.2, 0.25) is 0 Å². The molecule has 0 spiro atoms. The second kappa shape index (κ2) is 5.92. The molecule has 1 atom stereocenters. The van der Waals surface area contributed by atoms with E-state index in [2.05, 4.69) is 29.8 Å². The molecule has 3 rings (SSSR count). The molecule has 1 saturated heterocycles. The predicted octanol–water partition coefficient (Wildman–Crippen LogP) is 4.46. The normalized spacial score (nSPS) is 20.1. The van der Waals surface area contributed by atoms with E-state index in [1.165, 1.54) is 23.2 Å². The highest BCUT2D eigenvalue weighted by atomic mass is 35.5. The van der Waals surface area contributed by atoms with Crippen LogP contribution in [0.25, 0.3) is 10.8 Å². The molecule has 1 aliphatic rings. The average Bonchev–Trinajstić information content (AvgIpc) is 2.88. The SMILES string of the molecule is CC(C)N1CCC(Sc2cc3ccncc3cc2Cl)C1. The molecule has 1 aliphatic heterocycles. The third-order valence-corrected chi connectivity index (χ3v) is 5.63. The molecule has 4 heteroatoms. The first-order valence-corrected chi connectivity index (χ1v) is 8.33. The third-order valence-electron chi connectivity index (χ3n) is 3.89. The summed E-state index contributed by atoms with van der Waals surface area (Å²) in [5.41, 5.74) is 0. The van der Waals surface area contributed by atoms with Gasteiger partial charge in [-0.1, -0.05) is 11.6 Å². The Hall–Kier alpha value is -0.770. The largest absolute Gasteiger partial charge is 0.300 e.